The minimum absolute atomic E-state index is 0.123. The lowest BCUT2D eigenvalue weighted by Gasteiger charge is -2.24. The van der Waals surface area contributed by atoms with Crippen LogP contribution in [0.3, 0.4) is 0 Å². The summed E-state index contributed by atoms with van der Waals surface area (Å²) < 4.78 is 7.16. The van der Waals surface area contributed by atoms with Crippen LogP contribution in [0.15, 0.2) is 53.1 Å². The van der Waals surface area contributed by atoms with Crippen LogP contribution in [-0.2, 0) is 24.3 Å². The molecule has 30 heavy (non-hydrogen) atoms. The molecule has 1 N–H and O–H groups in total. The van der Waals surface area contributed by atoms with Gasteiger partial charge in [0.2, 0.25) is 11.7 Å². The summed E-state index contributed by atoms with van der Waals surface area (Å²) in [6, 6.07) is 13.4. The SMILES string of the molecule is O=C(NCc1ccco1)c1nnc2n1CC[C@H]1CN(C(=O)Cc3ccccc3)C[C@@H]21. The molecule has 8 nitrogen and oxygen atoms in total. The lowest BCUT2D eigenvalue weighted by molar-refractivity contribution is -0.129. The first kappa shape index (κ1) is 18.6. The third-order valence-electron chi connectivity index (χ3n) is 6.03. The second-order valence-electron chi connectivity index (χ2n) is 7.91. The summed E-state index contributed by atoms with van der Waals surface area (Å²) in [6.45, 7) is 2.36. The molecule has 0 aliphatic carbocycles. The maximum atomic E-state index is 12.8. The number of furan rings is 1. The number of benzene rings is 1. The van der Waals surface area contributed by atoms with Crippen molar-refractivity contribution in [2.45, 2.75) is 31.8 Å². The van der Waals surface area contributed by atoms with Gasteiger partial charge in [-0.3, -0.25) is 9.59 Å². The Hall–Kier alpha value is -3.42. The van der Waals surface area contributed by atoms with Gasteiger partial charge in [0.25, 0.3) is 5.91 Å². The first-order chi connectivity index (χ1) is 14.7. The second-order valence-corrected chi connectivity index (χ2v) is 7.91. The van der Waals surface area contributed by atoms with Gasteiger partial charge in [-0.15, -0.1) is 10.2 Å². The average molecular weight is 405 g/mol. The zero-order chi connectivity index (χ0) is 20.5. The Bertz CT molecular complexity index is 1040. The molecule has 1 aromatic carbocycles. The van der Waals surface area contributed by atoms with Crippen LogP contribution in [0, 0.1) is 5.92 Å². The highest BCUT2D eigenvalue weighted by atomic mass is 16.3. The highest BCUT2D eigenvalue weighted by Gasteiger charge is 2.42. The molecule has 2 aromatic heterocycles. The van der Waals surface area contributed by atoms with Crippen LogP contribution in [-0.4, -0.2) is 44.6 Å². The topological polar surface area (TPSA) is 93.3 Å². The summed E-state index contributed by atoms with van der Waals surface area (Å²) in [4.78, 5) is 27.3. The number of aromatic nitrogens is 3. The van der Waals surface area contributed by atoms with Gasteiger partial charge in [0.15, 0.2) is 0 Å². The van der Waals surface area contributed by atoms with Gasteiger partial charge in [0, 0.05) is 25.6 Å². The standard InChI is InChI=1S/C22H23N5O3/c28-19(11-15-5-2-1-3-6-15)26-13-16-8-9-27-20(18(16)14-26)24-25-21(27)22(29)23-12-17-7-4-10-30-17/h1-7,10,16,18H,8-9,11-14H2,(H,23,29)/t16-,18+/m0/s1. The minimum atomic E-state index is -0.265. The molecule has 5 rings (SSSR count). The summed E-state index contributed by atoms with van der Waals surface area (Å²) in [5.41, 5.74) is 1.02. The highest BCUT2D eigenvalue weighted by molar-refractivity contribution is 5.90. The molecule has 8 heteroatoms. The van der Waals surface area contributed by atoms with Crippen LogP contribution in [0.5, 0.6) is 0 Å². The predicted molar refractivity (Wildman–Crippen MR) is 107 cm³/mol. The van der Waals surface area contributed by atoms with Gasteiger partial charge in [0.1, 0.15) is 11.6 Å². The lowest BCUT2D eigenvalue weighted by Crippen LogP contribution is -2.30. The molecule has 2 aliphatic heterocycles. The van der Waals surface area contributed by atoms with Crippen molar-refractivity contribution in [3.8, 4) is 0 Å². The van der Waals surface area contributed by atoms with Crippen LogP contribution >= 0.6 is 0 Å². The zero-order valence-corrected chi connectivity index (χ0v) is 16.5. The molecule has 2 amide bonds. The summed E-state index contributed by atoms with van der Waals surface area (Å²) in [5.74, 6) is 2.17. The summed E-state index contributed by atoms with van der Waals surface area (Å²) in [7, 11) is 0. The van der Waals surface area contributed by atoms with Gasteiger partial charge < -0.3 is 19.2 Å². The van der Waals surface area contributed by atoms with E-state index in [-0.39, 0.29) is 17.7 Å². The molecule has 0 unspecified atom stereocenters. The number of carbonyl (C=O) groups is 2. The fraction of sp³-hybridized carbons (Fsp3) is 0.364. The van der Waals surface area contributed by atoms with Crippen molar-refractivity contribution >= 4 is 11.8 Å². The quantitative estimate of drug-likeness (QED) is 0.701. The van der Waals surface area contributed by atoms with Crippen LogP contribution in [0.2, 0.25) is 0 Å². The molecule has 2 atom stereocenters. The average Bonchev–Trinajstić information content (AvgIpc) is 3.51. The van der Waals surface area contributed by atoms with Crippen molar-refractivity contribution in [2.75, 3.05) is 13.1 Å². The number of hydrogen-bond donors (Lipinski definition) is 1. The van der Waals surface area contributed by atoms with Crippen LogP contribution in [0.25, 0.3) is 0 Å². The fourth-order valence-corrected chi connectivity index (χ4v) is 4.47. The smallest absolute Gasteiger partial charge is 0.289 e. The summed E-state index contributed by atoms with van der Waals surface area (Å²) >= 11 is 0. The van der Waals surface area contributed by atoms with Crippen molar-refractivity contribution < 1.29 is 14.0 Å². The maximum absolute atomic E-state index is 12.8. The van der Waals surface area contributed by atoms with Crippen LogP contribution < -0.4 is 5.32 Å². The molecule has 154 valence electrons. The molecule has 1 fully saturated rings. The van der Waals surface area contributed by atoms with Gasteiger partial charge in [0.05, 0.1) is 19.2 Å². The normalized spacial score (nSPS) is 19.9. The Morgan fingerprint density at radius 3 is 2.77 bits per heavy atom. The van der Waals surface area contributed by atoms with Gasteiger partial charge >= 0.3 is 0 Å². The monoisotopic (exact) mass is 405 g/mol. The lowest BCUT2D eigenvalue weighted by atomic mass is 9.89. The molecule has 0 bridgehead atoms. The number of nitrogens with one attached hydrogen (secondary N) is 1. The molecular weight excluding hydrogens is 382 g/mol. The molecule has 1 saturated heterocycles. The predicted octanol–water partition coefficient (Wildman–Crippen LogP) is 1.99. The number of nitrogens with zero attached hydrogens (tertiary/aromatic N) is 4. The highest BCUT2D eigenvalue weighted by Crippen LogP contribution is 2.38. The summed E-state index contributed by atoms with van der Waals surface area (Å²) in [5, 5.41) is 11.3. The van der Waals surface area contributed by atoms with Gasteiger partial charge in [-0.05, 0) is 30.0 Å². The third kappa shape index (κ3) is 3.49. The fourth-order valence-electron chi connectivity index (χ4n) is 4.47. The van der Waals surface area contributed by atoms with E-state index in [4.69, 9.17) is 4.42 Å². The Labute approximate surface area is 173 Å². The first-order valence-electron chi connectivity index (χ1n) is 10.2. The number of likely N-dealkylation sites (tertiary alicyclic amines) is 1. The van der Waals surface area contributed by atoms with E-state index in [0.717, 1.165) is 24.4 Å². The van der Waals surface area contributed by atoms with Crippen molar-refractivity contribution in [3.05, 3.63) is 71.7 Å². The van der Waals surface area contributed by atoms with Crippen molar-refractivity contribution in [1.82, 2.24) is 25.0 Å². The maximum Gasteiger partial charge on any atom is 0.289 e. The van der Waals surface area contributed by atoms with E-state index in [1.165, 1.54) is 0 Å². The first-order valence-corrected chi connectivity index (χ1v) is 10.2. The summed E-state index contributed by atoms with van der Waals surface area (Å²) in [6.07, 6.45) is 2.89. The van der Waals surface area contributed by atoms with Gasteiger partial charge in [-0.25, -0.2) is 0 Å². The van der Waals surface area contributed by atoms with E-state index in [2.05, 4.69) is 15.5 Å². The van der Waals surface area contributed by atoms with Crippen LogP contribution in [0.1, 0.15) is 40.1 Å². The molecule has 3 aromatic rings. The van der Waals surface area contributed by atoms with E-state index in [0.29, 0.717) is 43.6 Å². The van der Waals surface area contributed by atoms with E-state index in [9.17, 15) is 9.59 Å². The van der Waals surface area contributed by atoms with E-state index in [1.807, 2.05) is 45.9 Å². The number of fused-ring (bicyclic) bond motifs is 3. The molecule has 4 heterocycles. The molecule has 0 radical (unpaired) electrons. The Balaban J connectivity index is 1.27. The van der Waals surface area contributed by atoms with E-state index in [1.54, 1.807) is 12.3 Å². The second kappa shape index (κ2) is 7.78. The molecule has 0 saturated carbocycles. The number of amides is 2. The molecule has 0 spiro atoms. The number of carbonyl (C=O) groups excluding carboxylic acids is 2. The number of hydrogen-bond acceptors (Lipinski definition) is 5. The van der Waals surface area contributed by atoms with Crippen molar-refractivity contribution in [2.24, 2.45) is 5.92 Å². The largest absolute Gasteiger partial charge is 0.467 e. The molecule has 2 aliphatic rings. The van der Waals surface area contributed by atoms with Crippen molar-refractivity contribution in [1.29, 1.82) is 0 Å². The molecular formula is C22H23N5O3. The van der Waals surface area contributed by atoms with Gasteiger partial charge in [-0.1, -0.05) is 30.3 Å². The Kier molecular flexibility index (Phi) is 4.82. The van der Waals surface area contributed by atoms with Crippen LogP contribution in [0.4, 0.5) is 0 Å². The van der Waals surface area contributed by atoms with Gasteiger partial charge in [-0.2, -0.15) is 0 Å². The minimum Gasteiger partial charge on any atom is -0.467 e. The van der Waals surface area contributed by atoms with Crippen molar-refractivity contribution in [3.63, 3.8) is 0 Å². The van der Waals surface area contributed by atoms with E-state index < -0.39 is 0 Å². The Morgan fingerprint density at radius 1 is 1.10 bits per heavy atom. The zero-order valence-electron chi connectivity index (χ0n) is 16.5. The Morgan fingerprint density at radius 2 is 1.97 bits per heavy atom. The van der Waals surface area contributed by atoms with E-state index >= 15 is 0 Å². The number of rotatable bonds is 5. The third-order valence-corrected chi connectivity index (χ3v) is 6.03.